The maximum Gasteiger partial charge on any atom is 0.497 e. The summed E-state index contributed by atoms with van der Waals surface area (Å²) in [7, 11) is -0.767. The maximum atomic E-state index is 14.6. The van der Waals surface area contributed by atoms with E-state index in [4.69, 9.17) is 9.31 Å². The lowest BCUT2D eigenvalue weighted by Crippen LogP contribution is -2.41. The van der Waals surface area contributed by atoms with Crippen molar-refractivity contribution in [2.75, 3.05) is 0 Å². The van der Waals surface area contributed by atoms with Gasteiger partial charge in [0.25, 0.3) is 0 Å². The molecular weight excluding hydrogens is 422 g/mol. The Morgan fingerprint density at radius 2 is 1.82 bits per heavy atom. The molecule has 172 valence electrons. The number of hydrogen-bond donors (Lipinski definition) is 1. The quantitative estimate of drug-likeness (QED) is 0.708. The van der Waals surface area contributed by atoms with E-state index < -0.39 is 18.3 Å². The number of nitrogens with one attached hydrogen (secondary N) is 1. The summed E-state index contributed by atoms with van der Waals surface area (Å²) in [6.07, 6.45) is 11.3. The number of halogens is 1. The van der Waals surface area contributed by atoms with Crippen molar-refractivity contribution in [2.45, 2.75) is 52.2 Å². The van der Waals surface area contributed by atoms with E-state index in [1.807, 2.05) is 40.0 Å². The van der Waals surface area contributed by atoms with Crippen LogP contribution < -0.4 is 10.9 Å². The summed E-state index contributed by atoms with van der Waals surface area (Å²) in [5, 5.41) is 0. The van der Waals surface area contributed by atoms with Crippen molar-refractivity contribution >= 4 is 36.5 Å². The van der Waals surface area contributed by atoms with E-state index in [1.165, 1.54) is 6.07 Å². The lowest BCUT2D eigenvalue weighted by Gasteiger charge is -2.32. The molecule has 4 aliphatic rings. The monoisotopic (exact) mass is 450 g/mol. The van der Waals surface area contributed by atoms with Crippen LogP contribution in [0.1, 0.15) is 46.6 Å². The van der Waals surface area contributed by atoms with Crippen LogP contribution in [-0.4, -0.2) is 36.6 Å². The second-order valence-corrected chi connectivity index (χ2v) is 9.00. The molecule has 0 aromatic heterocycles. The van der Waals surface area contributed by atoms with Crippen LogP contribution in [0.25, 0.3) is 5.70 Å². The van der Waals surface area contributed by atoms with Crippen molar-refractivity contribution in [1.29, 1.82) is 0 Å². The van der Waals surface area contributed by atoms with Crippen LogP contribution in [0.4, 0.5) is 4.39 Å². The third-order valence-corrected chi connectivity index (χ3v) is 6.29. The molecule has 7 nitrogen and oxygen atoms in total. The van der Waals surface area contributed by atoms with Crippen LogP contribution in [0.3, 0.4) is 0 Å². The summed E-state index contributed by atoms with van der Waals surface area (Å²) >= 11 is 0. The Hall–Kier alpha value is -3.04. The molecule has 0 amide bonds. The lowest BCUT2D eigenvalue weighted by atomic mass is 9.77. The van der Waals surface area contributed by atoms with Gasteiger partial charge in [-0.3, -0.25) is 4.99 Å². The first-order chi connectivity index (χ1) is 15.7. The van der Waals surface area contributed by atoms with Gasteiger partial charge in [0.15, 0.2) is 0 Å². The Morgan fingerprint density at radius 1 is 1.06 bits per heavy atom. The van der Waals surface area contributed by atoms with Crippen molar-refractivity contribution in [3.63, 3.8) is 0 Å². The van der Waals surface area contributed by atoms with Crippen LogP contribution in [-0.2, 0) is 14.1 Å². The zero-order valence-corrected chi connectivity index (χ0v) is 19.5. The molecule has 0 saturated carbocycles. The van der Waals surface area contributed by atoms with Crippen LogP contribution in [0, 0.1) is 11.7 Å². The second kappa shape index (κ2) is 9.07. The van der Waals surface area contributed by atoms with E-state index in [2.05, 4.69) is 32.2 Å². The first kappa shape index (κ1) is 23.1. The molecule has 33 heavy (non-hydrogen) atoms. The third kappa shape index (κ3) is 4.56. The predicted molar refractivity (Wildman–Crippen MR) is 130 cm³/mol. The summed E-state index contributed by atoms with van der Waals surface area (Å²) in [5.74, 6) is -0.202. The summed E-state index contributed by atoms with van der Waals surface area (Å²) in [5.41, 5.74) is 4.97. The maximum absolute atomic E-state index is 14.6. The molecule has 9 heteroatoms. The number of rotatable bonds is 3. The highest BCUT2D eigenvalue weighted by atomic mass is 19.1. The van der Waals surface area contributed by atoms with Gasteiger partial charge in [0.1, 0.15) is 24.1 Å². The minimum Gasteiger partial charge on any atom is -0.399 e. The van der Waals surface area contributed by atoms with Gasteiger partial charge in [-0.15, -0.1) is 0 Å². The van der Waals surface area contributed by atoms with Gasteiger partial charge in [0.2, 0.25) is 0 Å². The van der Waals surface area contributed by atoms with Crippen molar-refractivity contribution in [3.8, 4) is 0 Å². The van der Waals surface area contributed by atoms with Gasteiger partial charge in [-0.05, 0) is 58.4 Å². The molecule has 1 atom stereocenters. The molecule has 4 heterocycles. The Kier molecular flexibility index (Phi) is 6.36. The predicted octanol–water partition coefficient (Wildman–Crippen LogP) is 3.94. The highest BCUT2D eigenvalue weighted by molar-refractivity contribution is 6.62. The van der Waals surface area contributed by atoms with Gasteiger partial charge >= 0.3 is 7.12 Å². The third-order valence-electron chi connectivity index (χ3n) is 6.29. The van der Waals surface area contributed by atoms with Gasteiger partial charge < -0.3 is 14.1 Å². The molecule has 1 saturated heterocycles. The molecule has 1 aromatic rings. The number of hydroxylamine groups is 1. The minimum atomic E-state index is -0.767. The first-order valence-corrected chi connectivity index (χ1v) is 11.0. The largest absolute Gasteiger partial charge is 0.497 e. The second-order valence-electron chi connectivity index (χ2n) is 9.00. The average molecular weight is 450 g/mol. The zero-order chi connectivity index (χ0) is 23.6. The minimum absolute atomic E-state index is 0.161. The zero-order valence-electron chi connectivity index (χ0n) is 19.5. The molecule has 0 radical (unpaired) electrons. The topological polar surface area (TPSA) is 76.8 Å². The van der Waals surface area contributed by atoms with Crippen molar-refractivity contribution in [3.05, 3.63) is 59.9 Å². The Bertz CT molecular complexity index is 1080. The molecular formula is C24H28BFN4O3. The highest BCUT2D eigenvalue weighted by Crippen LogP contribution is 2.37. The Labute approximate surface area is 194 Å². The van der Waals surface area contributed by atoms with E-state index in [-0.39, 0.29) is 11.7 Å². The fraction of sp³-hybridized carbons (Fsp3) is 0.375. The highest BCUT2D eigenvalue weighted by Gasteiger charge is 2.52. The normalized spacial score (nSPS) is 23.5. The van der Waals surface area contributed by atoms with E-state index in [1.54, 1.807) is 37.0 Å². The summed E-state index contributed by atoms with van der Waals surface area (Å²) in [6.45, 7) is 9.89. The number of allylic oxidation sites excluding steroid dienone is 3. The lowest BCUT2D eigenvalue weighted by molar-refractivity contribution is 0.00578. The standard InChI is InChI=1S/C20H23BFN3O2.C4H5NO/c1-6-12-10-23-17(18-16(12)24-11-25-18)13-7-8-15(22)14(9-13)21-26-19(2,3)20(4,5)27-21;1-2-4-6-5-3-1/h7-12H,6H2,1-5H3;1-5H. The van der Waals surface area contributed by atoms with E-state index in [9.17, 15) is 4.39 Å². The SMILES string of the molecule is C1=CNOC=C1.CCC1C=NC(c2ccc(F)c(B3OC(C)(C)C(C)(C)O3)c2)=C2N=CN=C21. The summed E-state index contributed by atoms with van der Waals surface area (Å²) < 4.78 is 26.7. The molecule has 1 aromatic carbocycles. The molecule has 0 spiro atoms. The van der Waals surface area contributed by atoms with Crippen molar-refractivity contribution in [2.24, 2.45) is 20.9 Å². The number of nitrogens with zero attached hydrogens (tertiary/aromatic N) is 3. The number of aliphatic imine (C=N–C) groups is 3. The van der Waals surface area contributed by atoms with Crippen LogP contribution >= 0.6 is 0 Å². The molecule has 1 N–H and O–H groups in total. The molecule has 4 aliphatic heterocycles. The van der Waals surface area contributed by atoms with Gasteiger partial charge in [0, 0.05) is 29.4 Å². The Morgan fingerprint density at radius 3 is 2.39 bits per heavy atom. The molecule has 1 fully saturated rings. The summed E-state index contributed by atoms with van der Waals surface area (Å²) in [4.78, 5) is 17.9. The van der Waals surface area contributed by atoms with E-state index in [0.29, 0.717) is 11.2 Å². The number of fused-ring (bicyclic) bond motifs is 1. The fourth-order valence-electron chi connectivity index (χ4n) is 3.64. The van der Waals surface area contributed by atoms with Gasteiger partial charge in [-0.25, -0.2) is 19.9 Å². The van der Waals surface area contributed by atoms with Gasteiger partial charge in [-0.2, -0.15) is 0 Å². The Balaban J connectivity index is 0.000000376. The number of hydrogen-bond acceptors (Lipinski definition) is 7. The van der Waals surface area contributed by atoms with E-state index in [0.717, 1.165) is 23.4 Å². The van der Waals surface area contributed by atoms with E-state index >= 15 is 0 Å². The van der Waals surface area contributed by atoms with Crippen LogP contribution in [0.2, 0.25) is 0 Å². The van der Waals surface area contributed by atoms with Crippen molar-refractivity contribution in [1.82, 2.24) is 5.48 Å². The smallest absolute Gasteiger partial charge is 0.399 e. The van der Waals surface area contributed by atoms with Crippen LogP contribution in [0.15, 0.2) is 63.5 Å². The molecule has 5 rings (SSSR count). The molecule has 0 aliphatic carbocycles. The first-order valence-electron chi connectivity index (χ1n) is 11.0. The van der Waals surface area contributed by atoms with Gasteiger partial charge in [0.05, 0.1) is 22.6 Å². The van der Waals surface area contributed by atoms with Crippen LogP contribution in [0.5, 0.6) is 0 Å². The molecule has 1 unspecified atom stereocenters. The summed E-state index contributed by atoms with van der Waals surface area (Å²) in [6, 6.07) is 4.89. The average Bonchev–Trinajstić information content (AvgIpc) is 3.37. The number of benzene rings is 1. The molecule has 0 bridgehead atoms. The fourth-order valence-corrected chi connectivity index (χ4v) is 3.64. The van der Waals surface area contributed by atoms with Gasteiger partial charge in [-0.1, -0.05) is 13.0 Å². The van der Waals surface area contributed by atoms with Crippen molar-refractivity contribution < 1.29 is 18.5 Å².